The van der Waals surface area contributed by atoms with Crippen LogP contribution in [-0.4, -0.2) is 52.4 Å². The lowest BCUT2D eigenvalue weighted by Crippen LogP contribution is -2.35. The van der Waals surface area contributed by atoms with Gasteiger partial charge in [0.2, 0.25) is 0 Å². The Morgan fingerprint density at radius 1 is 1.14 bits per heavy atom. The van der Waals surface area contributed by atoms with Crippen LogP contribution in [0.15, 0.2) is 12.1 Å². The topological polar surface area (TPSA) is 43.0 Å². The summed E-state index contributed by atoms with van der Waals surface area (Å²) in [5, 5.41) is 3.52. The fourth-order valence-electron chi connectivity index (χ4n) is 2.85. The zero-order valence-corrected chi connectivity index (χ0v) is 13.4. The van der Waals surface area contributed by atoms with Gasteiger partial charge in [-0.15, -0.1) is 0 Å². The predicted octanol–water partition coefficient (Wildman–Crippen LogP) is 1.90. The van der Waals surface area contributed by atoms with E-state index in [0.29, 0.717) is 6.04 Å². The monoisotopic (exact) mass is 294 g/mol. The normalized spacial score (nSPS) is 18.8. The van der Waals surface area contributed by atoms with E-state index in [2.05, 4.69) is 17.3 Å². The Hall–Kier alpha value is -1.46. The minimum atomic E-state index is 0.625. The van der Waals surface area contributed by atoms with E-state index in [0.717, 1.165) is 35.9 Å². The minimum absolute atomic E-state index is 0.625. The van der Waals surface area contributed by atoms with Crippen LogP contribution in [-0.2, 0) is 6.54 Å². The van der Waals surface area contributed by atoms with Gasteiger partial charge in [-0.05, 0) is 26.4 Å². The molecule has 0 amide bonds. The van der Waals surface area contributed by atoms with E-state index in [1.807, 2.05) is 12.1 Å². The number of benzene rings is 1. The third kappa shape index (κ3) is 3.80. The molecule has 0 aliphatic carbocycles. The third-order valence-electron chi connectivity index (χ3n) is 4.17. The highest BCUT2D eigenvalue weighted by molar-refractivity contribution is 5.50. The molecule has 0 aromatic heterocycles. The molecule has 1 saturated heterocycles. The van der Waals surface area contributed by atoms with Crippen molar-refractivity contribution < 1.29 is 14.2 Å². The maximum absolute atomic E-state index is 5.46. The third-order valence-corrected chi connectivity index (χ3v) is 4.17. The van der Waals surface area contributed by atoms with Crippen LogP contribution in [0.4, 0.5) is 0 Å². The zero-order chi connectivity index (χ0) is 15.2. The number of methoxy groups -OCH3 is 3. The largest absolute Gasteiger partial charge is 0.496 e. The van der Waals surface area contributed by atoms with E-state index in [-0.39, 0.29) is 0 Å². The Morgan fingerprint density at radius 3 is 2.29 bits per heavy atom. The summed E-state index contributed by atoms with van der Waals surface area (Å²) in [5.41, 5.74) is 1.03. The summed E-state index contributed by atoms with van der Waals surface area (Å²) in [4.78, 5) is 2.41. The van der Waals surface area contributed by atoms with Crippen LogP contribution in [0.1, 0.15) is 18.4 Å². The van der Waals surface area contributed by atoms with Crippen LogP contribution >= 0.6 is 0 Å². The molecule has 5 nitrogen and oxygen atoms in total. The first-order chi connectivity index (χ1) is 10.2. The van der Waals surface area contributed by atoms with Crippen LogP contribution in [0.3, 0.4) is 0 Å². The number of nitrogens with zero attached hydrogens (tertiary/aromatic N) is 1. The molecule has 1 aliphatic heterocycles. The Labute approximate surface area is 127 Å². The van der Waals surface area contributed by atoms with E-state index in [1.54, 1.807) is 21.3 Å². The first-order valence-electron chi connectivity index (χ1n) is 7.39. The van der Waals surface area contributed by atoms with E-state index < -0.39 is 0 Å². The molecule has 1 aromatic carbocycles. The highest BCUT2D eigenvalue weighted by Gasteiger charge is 2.20. The van der Waals surface area contributed by atoms with Crippen LogP contribution < -0.4 is 19.5 Å². The lowest BCUT2D eigenvalue weighted by Gasteiger charge is -2.21. The molecule has 0 saturated carbocycles. The summed E-state index contributed by atoms with van der Waals surface area (Å²) in [7, 11) is 7.17. The highest BCUT2D eigenvalue weighted by atomic mass is 16.5. The summed E-state index contributed by atoms with van der Waals surface area (Å²) >= 11 is 0. The van der Waals surface area contributed by atoms with Gasteiger partial charge in [0.25, 0.3) is 0 Å². The lowest BCUT2D eigenvalue weighted by molar-refractivity contribution is 0.298. The van der Waals surface area contributed by atoms with E-state index >= 15 is 0 Å². The molecular formula is C16H26N2O3. The van der Waals surface area contributed by atoms with Crippen molar-refractivity contribution in [2.45, 2.75) is 25.4 Å². The zero-order valence-electron chi connectivity index (χ0n) is 13.4. The molecule has 21 heavy (non-hydrogen) atoms. The highest BCUT2D eigenvalue weighted by Crippen LogP contribution is 2.33. The van der Waals surface area contributed by atoms with Gasteiger partial charge in [0.1, 0.15) is 17.2 Å². The Morgan fingerprint density at radius 2 is 1.81 bits per heavy atom. The number of hydrogen-bond donors (Lipinski definition) is 1. The molecule has 1 N–H and O–H groups in total. The molecule has 0 bridgehead atoms. The predicted molar refractivity (Wildman–Crippen MR) is 83.5 cm³/mol. The van der Waals surface area contributed by atoms with Crippen LogP contribution in [0.2, 0.25) is 0 Å². The maximum atomic E-state index is 5.46. The van der Waals surface area contributed by atoms with Crippen molar-refractivity contribution in [1.29, 1.82) is 0 Å². The van der Waals surface area contributed by atoms with Gasteiger partial charge in [0.05, 0.1) is 26.9 Å². The molecule has 0 radical (unpaired) electrons. The standard InChI is InChI=1S/C16H26N2O3/c1-18-7-5-6-12(18)10-17-11-14-15(20-3)8-13(19-2)9-16(14)21-4/h8-9,12,17H,5-7,10-11H2,1-4H3. The van der Waals surface area contributed by atoms with Crippen molar-refractivity contribution in [3.8, 4) is 17.2 Å². The van der Waals surface area contributed by atoms with Crippen LogP contribution in [0.25, 0.3) is 0 Å². The molecule has 1 atom stereocenters. The van der Waals surface area contributed by atoms with E-state index in [1.165, 1.54) is 19.4 Å². The van der Waals surface area contributed by atoms with Crippen molar-refractivity contribution >= 4 is 0 Å². The second-order valence-electron chi connectivity index (χ2n) is 5.42. The molecule has 1 aliphatic rings. The lowest BCUT2D eigenvalue weighted by atomic mass is 10.1. The molecular weight excluding hydrogens is 268 g/mol. The number of hydrogen-bond acceptors (Lipinski definition) is 5. The van der Waals surface area contributed by atoms with Gasteiger partial charge >= 0.3 is 0 Å². The van der Waals surface area contributed by atoms with Crippen molar-refractivity contribution in [3.63, 3.8) is 0 Å². The van der Waals surface area contributed by atoms with Gasteiger partial charge < -0.3 is 24.4 Å². The van der Waals surface area contributed by atoms with Gasteiger partial charge in [0.15, 0.2) is 0 Å². The average Bonchev–Trinajstić information content (AvgIpc) is 2.92. The van der Waals surface area contributed by atoms with Crippen molar-refractivity contribution in [1.82, 2.24) is 10.2 Å². The summed E-state index contributed by atoms with van der Waals surface area (Å²) in [5.74, 6) is 2.32. The van der Waals surface area contributed by atoms with Gasteiger partial charge in [-0.1, -0.05) is 0 Å². The number of ether oxygens (including phenoxy) is 3. The van der Waals surface area contributed by atoms with Crippen LogP contribution in [0, 0.1) is 0 Å². The van der Waals surface area contributed by atoms with Crippen molar-refractivity contribution in [2.75, 3.05) is 41.5 Å². The fourth-order valence-corrected chi connectivity index (χ4v) is 2.85. The van der Waals surface area contributed by atoms with Gasteiger partial charge in [0, 0.05) is 31.3 Å². The number of nitrogens with one attached hydrogen (secondary N) is 1. The molecule has 1 fully saturated rings. The Balaban J connectivity index is 2.04. The van der Waals surface area contributed by atoms with Crippen molar-refractivity contribution in [2.24, 2.45) is 0 Å². The van der Waals surface area contributed by atoms with Gasteiger partial charge in [-0.25, -0.2) is 0 Å². The molecule has 1 heterocycles. The Kier molecular flexibility index (Phi) is 5.70. The number of likely N-dealkylation sites (tertiary alicyclic amines) is 1. The smallest absolute Gasteiger partial charge is 0.130 e. The molecule has 2 rings (SSSR count). The summed E-state index contributed by atoms with van der Waals surface area (Å²) in [6.45, 7) is 2.90. The number of rotatable bonds is 7. The molecule has 1 aromatic rings. The van der Waals surface area contributed by atoms with Gasteiger partial charge in [-0.3, -0.25) is 0 Å². The first kappa shape index (κ1) is 15.9. The fraction of sp³-hybridized carbons (Fsp3) is 0.625. The van der Waals surface area contributed by atoms with E-state index in [4.69, 9.17) is 14.2 Å². The van der Waals surface area contributed by atoms with Gasteiger partial charge in [-0.2, -0.15) is 0 Å². The number of likely N-dealkylation sites (N-methyl/N-ethyl adjacent to an activating group) is 1. The second kappa shape index (κ2) is 7.52. The summed E-state index contributed by atoms with van der Waals surface area (Å²) in [6, 6.07) is 4.41. The van der Waals surface area contributed by atoms with Crippen LogP contribution in [0.5, 0.6) is 17.2 Å². The maximum Gasteiger partial charge on any atom is 0.130 e. The average molecular weight is 294 g/mol. The SMILES string of the molecule is COc1cc(OC)c(CNCC2CCCN2C)c(OC)c1. The molecule has 0 spiro atoms. The molecule has 1 unspecified atom stereocenters. The summed E-state index contributed by atoms with van der Waals surface area (Å²) < 4.78 is 16.2. The van der Waals surface area contributed by atoms with E-state index in [9.17, 15) is 0 Å². The minimum Gasteiger partial charge on any atom is -0.496 e. The first-order valence-corrected chi connectivity index (χ1v) is 7.39. The molecule has 5 heteroatoms. The van der Waals surface area contributed by atoms with Crippen molar-refractivity contribution in [3.05, 3.63) is 17.7 Å². The molecule has 118 valence electrons. The second-order valence-corrected chi connectivity index (χ2v) is 5.42. The Bertz CT molecular complexity index is 440. The quantitative estimate of drug-likeness (QED) is 0.832. The summed E-state index contributed by atoms with van der Waals surface area (Å²) in [6.07, 6.45) is 2.55.